The van der Waals surface area contributed by atoms with Crippen LogP contribution in [0.5, 0.6) is 0 Å². The van der Waals surface area contributed by atoms with E-state index in [9.17, 15) is 23.3 Å². The van der Waals surface area contributed by atoms with E-state index in [1.807, 2.05) is 23.6 Å². The Morgan fingerprint density at radius 2 is 1.84 bits per heavy atom. The second-order valence-corrected chi connectivity index (χ2v) is 11.0. The summed E-state index contributed by atoms with van der Waals surface area (Å²) in [5, 5.41) is 25.5. The van der Waals surface area contributed by atoms with Crippen LogP contribution in [0.2, 0.25) is 0 Å². The fraction of sp³-hybridized carbons (Fsp3) is 0.0417. The van der Waals surface area contributed by atoms with Gasteiger partial charge in [-0.3, -0.25) is 19.6 Å². The first-order valence-electron chi connectivity index (χ1n) is 10.6. The summed E-state index contributed by atoms with van der Waals surface area (Å²) in [6.07, 6.45) is 1.28. The largest absolute Gasteiger partial charge is 0.326 e. The fourth-order valence-corrected chi connectivity index (χ4v) is 5.77. The molecular weight excluding hydrogens is 533 g/mol. The molecule has 2 heterocycles. The third kappa shape index (κ3) is 6.44. The number of carbonyl (C=O) groups excluding carboxylic acids is 2. The van der Waals surface area contributed by atoms with Crippen LogP contribution >= 0.6 is 22.7 Å². The lowest BCUT2D eigenvalue weighted by atomic mass is 10.1. The second-order valence-electron chi connectivity index (χ2n) is 7.42. The van der Waals surface area contributed by atoms with E-state index in [0.717, 1.165) is 4.88 Å². The van der Waals surface area contributed by atoms with E-state index in [0.29, 0.717) is 16.3 Å². The molecule has 186 valence electrons. The maximum Gasteiger partial charge on any atom is 0.268 e. The van der Waals surface area contributed by atoms with Crippen LogP contribution in [0.3, 0.4) is 0 Å². The number of para-hydroxylation sites is 1. The second kappa shape index (κ2) is 11.1. The number of hydrogen-bond acceptors (Lipinski definition) is 9. The zero-order valence-electron chi connectivity index (χ0n) is 19.1. The molecule has 0 aliphatic heterocycles. The fourth-order valence-electron chi connectivity index (χ4n) is 3.11. The van der Waals surface area contributed by atoms with Gasteiger partial charge in [0.15, 0.2) is 5.01 Å². The van der Waals surface area contributed by atoms with Crippen LogP contribution in [0.1, 0.15) is 12.5 Å². The van der Waals surface area contributed by atoms with Crippen molar-refractivity contribution in [1.29, 1.82) is 5.26 Å². The van der Waals surface area contributed by atoms with Gasteiger partial charge in [-0.2, -0.15) is 5.26 Å². The lowest BCUT2D eigenvalue weighted by Gasteiger charge is -2.12. The molecule has 4 aromatic rings. The van der Waals surface area contributed by atoms with Gasteiger partial charge in [0.2, 0.25) is 11.0 Å². The maximum atomic E-state index is 13.0. The number of nitrogens with one attached hydrogen (secondary N) is 3. The number of nitriles is 1. The SMILES string of the molecule is CC(=O)Nc1cccc(S(=O)(=O)Nc2ccccc2/C=C(\C#N)C(=O)Nc2nnc(-c3cccs3)s2)c1. The number of rotatable bonds is 8. The molecule has 13 heteroatoms. The van der Waals surface area contributed by atoms with Gasteiger partial charge < -0.3 is 5.32 Å². The quantitative estimate of drug-likeness (QED) is 0.214. The molecule has 2 amide bonds. The molecule has 4 rings (SSSR count). The Labute approximate surface area is 220 Å². The van der Waals surface area contributed by atoms with Gasteiger partial charge in [-0.15, -0.1) is 21.5 Å². The van der Waals surface area contributed by atoms with E-state index in [1.165, 1.54) is 59.9 Å². The summed E-state index contributed by atoms with van der Waals surface area (Å²) in [5.74, 6) is -1.05. The molecule has 0 aliphatic carbocycles. The zero-order chi connectivity index (χ0) is 26.4. The van der Waals surface area contributed by atoms with E-state index >= 15 is 0 Å². The number of thiophene rings is 1. The van der Waals surface area contributed by atoms with Crippen LogP contribution in [0, 0.1) is 11.3 Å². The summed E-state index contributed by atoms with van der Waals surface area (Å²) in [5.41, 5.74) is 0.522. The lowest BCUT2D eigenvalue weighted by Crippen LogP contribution is -2.15. The molecule has 0 fully saturated rings. The van der Waals surface area contributed by atoms with Crippen LogP contribution in [0.25, 0.3) is 16.0 Å². The van der Waals surface area contributed by atoms with Crippen LogP contribution in [-0.4, -0.2) is 30.4 Å². The first-order valence-corrected chi connectivity index (χ1v) is 13.7. The summed E-state index contributed by atoms with van der Waals surface area (Å²) in [6.45, 7) is 1.32. The summed E-state index contributed by atoms with van der Waals surface area (Å²) >= 11 is 2.65. The van der Waals surface area contributed by atoms with Crippen molar-refractivity contribution >= 4 is 67.1 Å². The van der Waals surface area contributed by atoms with Gasteiger partial charge in [0.1, 0.15) is 11.6 Å². The smallest absolute Gasteiger partial charge is 0.268 e. The van der Waals surface area contributed by atoms with Gasteiger partial charge in [0.25, 0.3) is 15.9 Å². The van der Waals surface area contributed by atoms with Crippen LogP contribution in [0.15, 0.2) is 76.5 Å². The zero-order valence-corrected chi connectivity index (χ0v) is 21.6. The number of aromatic nitrogens is 2. The van der Waals surface area contributed by atoms with Crippen LogP contribution < -0.4 is 15.4 Å². The third-order valence-corrected chi connectivity index (χ3v) is 7.95. The number of anilines is 3. The van der Waals surface area contributed by atoms with Crippen LogP contribution in [0.4, 0.5) is 16.5 Å². The molecule has 0 unspecified atom stereocenters. The van der Waals surface area contributed by atoms with Crippen molar-refractivity contribution in [2.75, 3.05) is 15.4 Å². The summed E-state index contributed by atoms with van der Waals surface area (Å²) < 4.78 is 28.5. The highest BCUT2D eigenvalue weighted by Crippen LogP contribution is 2.30. The van der Waals surface area contributed by atoms with Crippen molar-refractivity contribution in [2.45, 2.75) is 11.8 Å². The molecule has 2 aromatic carbocycles. The minimum atomic E-state index is -4.05. The predicted octanol–water partition coefficient (Wildman–Crippen LogP) is 4.57. The van der Waals surface area contributed by atoms with Crippen molar-refractivity contribution in [3.63, 3.8) is 0 Å². The van der Waals surface area contributed by atoms with Crippen molar-refractivity contribution in [3.8, 4) is 16.0 Å². The van der Waals surface area contributed by atoms with Crippen molar-refractivity contribution < 1.29 is 18.0 Å². The average Bonchev–Trinajstić information content (AvgIpc) is 3.55. The topological polar surface area (TPSA) is 154 Å². The summed E-state index contributed by atoms with van der Waals surface area (Å²) in [6, 6.07) is 17.7. The molecule has 0 saturated heterocycles. The van der Waals surface area contributed by atoms with Gasteiger partial charge in [-0.25, -0.2) is 8.42 Å². The number of sulfonamides is 1. The Morgan fingerprint density at radius 1 is 1.03 bits per heavy atom. The van der Waals surface area contributed by atoms with E-state index in [-0.39, 0.29) is 27.2 Å². The monoisotopic (exact) mass is 550 g/mol. The third-order valence-electron chi connectivity index (χ3n) is 4.71. The Bertz CT molecular complexity index is 1640. The molecular formula is C24H18N6O4S3. The van der Waals surface area contributed by atoms with Gasteiger partial charge in [0, 0.05) is 18.2 Å². The first-order chi connectivity index (χ1) is 17.7. The number of hydrogen-bond donors (Lipinski definition) is 3. The predicted molar refractivity (Wildman–Crippen MR) is 143 cm³/mol. The maximum absolute atomic E-state index is 13.0. The number of benzene rings is 2. The Kier molecular flexibility index (Phi) is 7.73. The van der Waals surface area contributed by atoms with E-state index in [2.05, 4.69) is 25.6 Å². The standard InChI is InChI=1S/C24H18N6O4S3/c1-15(31)26-18-7-4-8-19(13-18)37(33,34)30-20-9-3-2-6-16(20)12-17(14-25)22(32)27-24-29-28-23(36-24)21-10-5-11-35-21/h2-13,30H,1H3,(H,26,31)(H,27,29,32)/b17-12+. The molecule has 0 saturated carbocycles. The van der Waals surface area contributed by atoms with Crippen molar-refractivity contribution in [2.24, 2.45) is 0 Å². The molecule has 0 bridgehead atoms. The molecule has 2 aromatic heterocycles. The van der Waals surface area contributed by atoms with Crippen molar-refractivity contribution in [1.82, 2.24) is 10.2 Å². The van der Waals surface area contributed by atoms with Crippen molar-refractivity contribution in [3.05, 3.63) is 77.2 Å². The molecule has 0 radical (unpaired) electrons. The van der Waals surface area contributed by atoms with Gasteiger partial charge in [0.05, 0.1) is 15.5 Å². The minimum Gasteiger partial charge on any atom is -0.326 e. The summed E-state index contributed by atoms with van der Waals surface area (Å²) in [4.78, 5) is 24.9. The highest BCUT2D eigenvalue weighted by atomic mass is 32.2. The number of nitrogens with zero attached hydrogens (tertiary/aromatic N) is 3. The van der Waals surface area contributed by atoms with Gasteiger partial charge in [-0.05, 0) is 41.8 Å². The molecule has 3 N–H and O–H groups in total. The Hall–Kier alpha value is -4.38. The minimum absolute atomic E-state index is 0.0754. The number of carbonyl (C=O) groups is 2. The van der Waals surface area contributed by atoms with E-state index in [1.54, 1.807) is 24.3 Å². The number of amides is 2. The lowest BCUT2D eigenvalue weighted by molar-refractivity contribution is -0.114. The van der Waals surface area contributed by atoms with Gasteiger partial charge >= 0.3 is 0 Å². The molecule has 0 spiro atoms. The Morgan fingerprint density at radius 3 is 2.57 bits per heavy atom. The summed E-state index contributed by atoms with van der Waals surface area (Å²) in [7, 11) is -4.05. The van der Waals surface area contributed by atoms with E-state index < -0.39 is 15.9 Å². The van der Waals surface area contributed by atoms with Crippen LogP contribution in [-0.2, 0) is 19.6 Å². The van der Waals surface area contributed by atoms with Gasteiger partial charge in [-0.1, -0.05) is 41.7 Å². The normalized spacial score (nSPS) is 11.4. The highest BCUT2D eigenvalue weighted by Gasteiger charge is 2.18. The van der Waals surface area contributed by atoms with E-state index in [4.69, 9.17) is 0 Å². The molecule has 0 aliphatic rings. The first kappa shape index (κ1) is 25.7. The average molecular weight is 551 g/mol. The Balaban J connectivity index is 1.56. The molecule has 10 nitrogen and oxygen atoms in total. The highest BCUT2D eigenvalue weighted by molar-refractivity contribution is 7.92. The molecule has 37 heavy (non-hydrogen) atoms. The molecule has 0 atom stereocenters.